The fourth-order valence-electron chi connectivity index (χ4n) is 2.15. The molecule has 0 spiro atoms. The maximum atomic E-state index is 6.13. The van der Waals surface area contributed by atoms with Crippen LogP contribution >= 0.6 is 0 Å². The second-order valence-electron chi connectivity index (χ2n) is 5.43. The van der Waals surface area contributed by atoms with Gasteiger partial charge < -0.3 is 10.3 Å². The van der Waals surface area contributed by atoms with Gasteiger partial charge in [0, 0.05) is 12.7 Å². The first-order chi connectivity index (χ1) is 8.47. The van der Waals surface area contributed by atoms with Crippen LogP contribution in [0.2, 0.25) is 0 Å². The highest BCUT2D eigenvalue weighted by Gasteiger charge is 2.18. The first-order valence-electron chi connectivity index (χ1n) is 6.32. The van der Waals surface area contributed by atoms with Crippen LogP contribution in [0.3, 0.4) is 0 Å². The molecule has 1 aromatic heterocycles. The largest absolute Gasteiger partial charge is 0.333 e. The lowest BCUT2D eigenvalue weighted by molar-refractivity contribution is 0.492. The zero-order valence-electron chi connectivity index (χ0n) is 11.4. The van der Waals surface area contributed by atoms with Gasteiger partial charge in [-0.2, -0.15) is 0 Å². The van der Waals surface area contributed by atoms with Gasteiger partial charge in [-0.1, -0.05) is 29.8 Å². The zero-order chi connectivity index (χ0) is 13.2. The lowest BCUT2D eigenvalue weighted by Gasteiger charge is -2.20. The molecule has 0 radical (unpaired) electrons. The van der Waals surface area contributed by atoms with Crippen LogP contribution in [0.15, 0.2) is 36.8 Å². The van der Waals surface area contributed by atoms with Crippen LogP contribution in [-0.2, 0) is 18.5 Å². The average molecular weight is 243 g/mol. The van der Waals surface area contributed by atoms with Crippen molar-refractivity contribution in [2.75, 3.05) is 0 Å². The van der Waals surface area contributed by atoms with Crippen LogP contribution in [0.1, 0.15) is 30.7 Å². The molecule has 2 aromatic rings. The molecule has 96 valence electrons. The van der Waals surface area contributed by atoms with Crippen LogP contribution in [-0.4, -0.2) is 9.55 Å². The smallest absolute Gasteiger partial charge is 0.0948 e. The number of imidazole rings is 1. The minimum atomic E-state index is -0.344. The Kier molecular flexibility index (Phi) is 3.53. The fraction of sp³-hybridized carbons (Fsp3) is 0.400. The van der Waals surface area contributed by atoms with Crippen molar-refractivity contribution in [3.8, 4) is 0 Å². The summed E-state index contributed by atoms with van der Waals surface area (Å²) in [6.45, 7) is 7.05. The normalized spacial score (nSPS) is 11.8. The molecule has 1 aromatic carbocycles. The summed E-state index contributed by atoms with van der Waals surface area (Å²) in [5.41, 5.74) is 9.52. The number of rotatable bonds is 4. The van der Waals surface area contributed by atoms with Gasteiger partial charge in [-0.25, -0.2) is 4.98 Å². The molecule has 0 bridgehead atoms. The van der Waals surface area contributed by atoms with Gasteiger partial charge in [-0.05, 0) is 32.8 Å². The molecular formula is C15H21N3. The van der Waals surface area contributed by atoms with Crippen molar-refractivity contribution in [1.82, 2.24) is 9.55 Å². The summed E-state index contributed by atoms with van der Waals surface area (Å²) in [5.74, 6) is 0. The summed E-state index contributed by atoms with van der Waals surface area (Å²) < 4.78 is 2.14. The second kappa shape index (κ2) is 4.94. The standard InChI is InChI=1S/C15H21N3/c1-12-5-4-6-13(9-12)7-8-18-11-17-10-14(18)15(2,3)16/h4-6,9-11H,7-8,16H2,1-3H3. The van der Waals surface area contributed by atoms with E-state index in [-0.39, 0.29) is 5.54 Å². The Morgan fingerprint density at radius 1 is 1.33 bits per heavy atom. The third-order valence-corrected chi connectivity index (χ3v) is 3.10. The second-order valence-corrected chi connectivity index (χ2v) is 5.43. The van der Waals surface area contributed by atoms with Crippen molar-refractivity contribution in [2.24, 2.45) is 5.73 Å². The number of nitrogens with two attached hydrogens (primary N) is 1. The summed E-state index contributed by atoms with van der Waals surface area (Å²) in [6.07, 6.45) is 4.72. The topological polar surface area (TPSA) is 43.8 Å². The predicted molar refractivity (Wildman–Crippen MR) is 74.3 cm³/mol. The molecule has 0 amide bonds. The first-order valence-corrected chi connectivity index (χ1v) is 6.32. The zero-order valence-corrected chi connectivity index (χ0v) is 11.4. The highest BCUT2D eigenvalue weighted by atomic mass is 15.1. The van der Waals surface area contributed by atoms with Crippen molar-refractivity contribution < 1.29 is 0 Å². The summed E-state index contributed by atoms with van der Waals surface area (Å²) in [4.78, 5) is 4.20. The third-order valence-electron chi connectivity index (χ3n) is 3.10. The van der Waals surface area contributed by atoms with E-state index in [4.69, 9.17) is 5.73 Å². The molecule has 2 rings (SSSR count). The molecular weight excluding hydrogens is 222 g/mol. The molecule has 0 aliphatic carbocycles. The Hall–Kier alpha value is -1.61. The Morgan fingerprint density at radius 3 is 2.78 bits per heavy atom. The van der Waals surface area contributed by atoms with E-state index in [1.165, 1.54) is 11.1 Å². The molecule has 0 aliphatic rings. The number of hydrogen-bond donors (Lipinski definition) is 1. The summed E-state index contributed by atoms with van der Waals surface area (Å²) >= 11 is 0. The van der Waals surface area contributed by atoms with Crippen molar-refractivity contribution in [3.63, 3.8) is 0 Å². The molecule has 0 fully saturated rings. The van der Waals surface area contributed by atoms with E-state index in [0.29, 0.717) is 0 Å². The number of aromatic nitrogens is 2. The molecule has 0 saturated heterocycles. The van der Waals surface area contributed by atoms with Gasteiger partial charge in [0.1, 0.15) is 0 Å². The molecule has 0 aliphatic heterocycles. The van der Waals surface area contributed by atoms with E-state index in [1.54, 1.807) is 0 Å². The number of aryl methyl sites for hydroxylation is 3. The van der Waals surface area contributed by atoms with E-state index in [1.807, 2.05) is 26.4 Å². The van der Waals surface area contributed by atoms with Crippen LogP contribution in [0.4, 0.5) is 0 Å². The SMILES string of the molecule is Cc1cccc(CCn2cncc2C(C)(C)N)c1. The van der Waals surface area contributed by atoms with E-state index in [9.17, 15) is 0 Å². The van der Waals surface area contributed by atoms with E-state index in [2.05, 4.69) is 40.7 Å². The monoisotopic (exact) mass is 243 g/mol. The van der Waals surface area contributed by atoms with Crippen molar-refractivity contribution in [1.29, 1.82) is 0 Å². The van der Waals surface area contributed by atoms with Gasteiger partial charge in [-0.15, -0.1) is 0 Å². The highest BCUT2D eigenvalue weighted by Crippen LogP contribution is 2.16. The molecule has 0 saturated carbocycles. The molecule has 0 unspecified atom stereocenters. The van der Waals surface area contributed by atoms with Gasteiger partial charge in [0.2, 0.25) is 0 Å². The Labute approximate surface area is 109 Å². The van der Waals surface area contributed by atoms with E-state index < -0.39 is 0 Å². The average Bonchev–Trinajstić information content (AvgIpc) is 2.74. The third kappa shape index (κ3) is 2.99. The summed E-state index contributed by atoms with van der Waals surface area (Å²) in [7, 11) is 0. The van der Waals surface area contributed by atoms with Crippen molar-refractivity contribution in [2.45, 2.75) is 39.3 Å². The number of benzene rings is 1. The van der Waals surface area contributed by atoms with Crippen LogP contribution in [0, 0.1) is 6.92 Å². The molecule has 3 heteroatoms. The maximum Gasteiger partial charge on any atom is 0.0948 e. The van der Waals surface area contributed by atoms with Gasteiger partial charge in [0.25, 0.3) is 0 Å². The minimum Gasteiger partial charge on any atom is -0.333 e. The van der Waals surface area contributed by atoms with E-state index in [0.717, 1.165) is 18.7 Å². The maximum absolute atomic E-state index is 6.13. The number of nitrogens with zero attached hydrogens (tertiary/aromatic N) is 2. The lowest BCUT2D eigenvalue weighted by Crippen LogP contribution is -2.31. The summed E-state index contributed by atoms with van der Waals surface area (Å²) in [6, 6.07) is 8.61. The first kappa shape index (κ1) is 12.8. The summed E-state index contributed by atoms with van der Waals surface area (Å²) in [5, 5.41) is 0. The van der Waals surface area contributed by atoms with Gasteiger partial charge in [0.15, 0.2) is 0 Å². The lowest BCUT2D eigenvalue weighted by atomic mass is 10.0. The quantitative estimate of drug-likeness (QED) is 0.897. The van der Waals surface area contributed by atoms with Gasteiger partial charge in [-0.3, -0.25) is 0 Å². The van der Waals surface area contributed by atoms with Crippen molar-refractivity contribution >= 4 is 0 Å². The molecule has 0 atom stereocenters. The molecule has 2 N–H and O–H groups in total. The molecule has 3 nitrogen and oxygen atoms in total. The highest BCUT2D eigenvalue weighted by molar-refractivity contribution is 5.22. The minimum absolute atomic E-state index is 0.344. The molecule has 18 heavy (non-hydrogen) atoms. The number of hydrogen-bond acceptors (Lipinski definition) is 2. The Balaban J connectivity index is 2.09. The predicted octanol–water partition coefficient (Wildman–Crippen LogP) is 2.63. The Morgan fingerprint density at radius 2 is 2.11 bits per heavy atom. The van der Waals surface area contributed by atoms with Crippen LogP contribution in [0.5, 0.6) is 0 Å². The van der Waals surface area contributed by atoms with Gasteiger partial charge >= 0.3 is 0 Å². The Bertz CT molecular complexity index is 521. The van der Waals surface area contributed by atoms with Crippen molar-refractivity contribution in [3.05, 3.63) is 53.6 Å². The van der Waals surface area contributed by atoms with Crippen LogP contribution < -0.4 is 5.73 Å². The molecule has 1 heterocycles. The fourth-order valence-corrected chi connectivity index (χ4v) is 2.15. The van der Waals surface area contributed by atoms with Gasteiger partial charge in [0.05, 0.1) is 17.6 Å². The van der Waals surface area contributed by atoms with E-state index >= 15 is 0 Å². The van der Waals surface area contributed by atoms with Crippen LogP contribution in [0.25, 0.3) is 0 Å².